The normalized spacial score (nSPS) is 10.7. The van der Waals surface area contributed by atoms with Crippen LogP contribution in [0.5, 0.6) is 0 Å². The molecule has 2 aromatic heterocycles. The monoisotopic (exact) mass is 277 g/mol. The lowest BCUT2D eigenvalue weighted by Crippen LogP contribution is -1.87. The number of hydrogen-bond donors (Lipinski definition) is 1. The molecular formula is C12H8ClN3OS. The Kier molecular flexibility index (Phi) is 2.77. The Labute approximate surface area is 112 Å². The van der Waals surface area contributed by atoms with Crippen LogP contribution in [-0.2, 0) is 0 Å². The Morgan fingerprint density at radius 2 is 2.11 bits per heavy atom. The van der Waals surface area contributed by atoms with Crippen molar-refractivity contribution in [3.05, 3.63) is 40.0 Å². The van der Waals surface area contributed by atoms with Crippen molar-refractivity contribution < 1.29 is 4.52 Å². The summed E-state index contributed by atoms with van der Waals surface area (Å²) in [4.78, 5) is 4.32. The van der Waals surface area contributed by atoms with Gasteiger partial charge >= 0.3 is 0 Å². The van der Waals surface area contributed by atoms with Gasteiger partial charge in [0.25, 0.3) is 5.89 Å². The standard InChI is InChI=1S/C12H8ClN3OS/c13-9-2-1-7(5-10(9)14)12-15-11(16-17-12)8-3-4-18-6-8/h1-6H,14H2. The third-order valence-corrected chi connectivity index (χ3v) is 3.48. The maximum Gasteiger partial charge on any atom is 0.258 e. The highest BCUT2D eigenvalue weighted by Gasteiger charge is 2.11. The average molecular weight is 278 g/mol. The predicted molar refractivity (Wildman–Crippen MR) is 72.5 cm³/mol. The lowest BCUT2D eigenvalue weighted by atomic mass is 10.2. The fourth-order valence-electron chi connectivity index (χ4n) is 1.53. The van der Waals surface area contributed by atoms with Crippen LogP contribution in [0.3, 0.4) is 0 Å². The summed E-state index contributed by atoms with van der Waals surface area (Å²) < 4.78 is 5.21. The highest BCUT2D eigenvalue weighted by Crippen LogP contribution is 2.27. The Hall–Kier alpha value is -1.85. The third kappa shape index (κ3) is 1.98. The summed E-state index contributed by atoms with van der Waals surface area (Å²) in [7, 11) is 0. The molecule has 18 heavy (non-hydrogen) atoms. The van der Waals surface area contributed by atoms with E-state index in [1.54, 1.807) is 29.5 Å². The first-order valence-electron chi connectivity index (χ1n) is 5.16. The quantitative estimate of drug-likeness (QED) is 0.725. The number of nitrogen functional groups attached to an aromatic ring is 1. The number of nitrogens with zero attached hydrogens (tertiary/aromatic N) is 2. The summed E-state index contributed by atoms with van der Waals surface area (Å²) in [6.07, 6.45) is 0. The van der Waals surface area contributed by atoms with Gasteiger partial charge in [-0.05, 0) is 29.6 Å². The smallest absolute Gasteiger partial charge is 0.258 e. The molecule has 0 atom stereocenters. The molecule has 0 fully saturated rings. The molecule has 0 bridgehead atoms. The van der Waals surface area contributed by atoms with Crippen LogP contribution < -0.4 is 5.73 Å². The number of halogens is 1. The minimum Gasteiger partial charge on any atom is -0.398 e. The molecule has 0 aliphatic rings. The maximum atomic E-state index is 5.86. The molecule has 2 N–H and O–H groups in total. The first-order valence-corrected chi connectivity index (χ1v) is 6.48. The van der Waals surface area contributed by atoms with Crippen molar-refractivity contribution in [1.82, 2.24) is 10.1 Å². The van der Waals surface area contributed by atoms with E-state index in [0.29, 0.717) is 22.4 Å². The van der Waals surface area contributed by atoms with Crippen molar-refractivity contribution in [1.29, 1.82) is 0 Å². The zero-order chi connectivity index (χ0) is 12.5. The summed E-state index contributed by atoms with van der Waals surface area (Å²) in [5.74, 6) is 0.999. The van der Waals surface area contributed by atoms with E-state index in [9.17, 15) is 0 Å². The van der Waals surface area contributed by atoms with E-state index < -0.39 is 0 Å². The van der Waals surface area contributed by atoms with E-state index in [-0.39, 0.29) is 0 Å². The molecule has 0 saturated heterocycles. The molecular weight excluding hydrogens is 270 g/mol. The van der Waals surface area contributed by atoms with Crippen LogP contribution in [0, 0.1) is 0 Å². The van der Waals surface area contributed by atoms with Gasteiger partial charge in [-0.1, -0.05) is 16.8 Å². The molecule has 6 heteroatoms. The molecule has 0 amide bonds. The second kappa shape index (κ2) is 4.44. The fraction of sp³-hybridized carbons (Fsp3) is 0. The van der Waals surface area contributed by atoms with Gasteiger partial charge < -0.3 is 10.3 Å². The van der Waals surface area contributed by atoms with Crippen molar-refractivity contribution in [2.24, 2.45) is 0 Å². The molecule has 0 radical (unpaired) electrons. The fourth-order valence-corrected chi connectivity index (χ4v) is 2.28. The van der Waals surface area contributed by atoms with Crippen LogP contribution in [0.25, 0.3) is 22.8 Å². The van der Waals surface area contributed by atoms with Gasteiger partial charge in [0.2, 0.25) is 5.82 Å². The molecule has 2 heterocycles. The van der Waals surface area contributed by atoms with Gasteiger partial charge in [0.1, 0.15) is 0 Å². The summed E-state index contributed by atoms with van der Waals surface area (Å²) in [5, 5.41) is 8.37. The van der Waals surface area contributed by atoms with Crippen LogP contribution in [0.1, 0.15) is 0 Å². The number of thiophene rings is 1. The molecule has 3 aromatic rings. The highest BCUT2D eigenvalue weighted by molar-refractivity contribution is 7.08. The topological polar surface area (TPSA) is 64.9 Å². The third-order valence-electron chi connectivity index (χ3n) is 2.45. The molecule has 0 aliphatic carbocycles. The van der Waals surface area contributed by atoms with E-state index >= 15 is 0 Å². The maximum absolute atomic E-state index is 5.86. The summed E-state index contributed by atoms with van der Waals surface area (Å²) in [6, 6.07) is 7.16. The minimum absolute atomic E-state index is 0.430. The van der Waals surface area contributed by atoms with E-state index in [2.05, 4.69) is 10.1 Å². The SMILES string of the molecule is Nc1cc(-c2nc(-c3ccsc3)no2)ccc1Cl. The van der Waals surface area contributed by atoms with Gasteiger partial charge in [0.05, 0.1) is 10.7 Å². The Morgan fingerprint density at radius 1 is 1.22 bits per heavy atom. The van der Waals surface area contributed by atoms with Crippen molar-refractivity contribution >= 4 is 28.6 Å². The minimum atomic E-state index is 0.430. The zero-order valence-corrected chi connectivity index (χ0v) is 10.7. The predicted octanol–water partition coefficient (Wildman–Crippen LogP) is 3.70. The second-order valence-electron chi connectivity index (χ2n) is 3.67. The van der Waals surface area contributed by atoms with Crippen molar-refractivity contribution in [3.63, 3.8) is 0 Å². The van der Waals surface area contributed by atoms with Crippen LogP contribution in [0.15, 0.2) is 39.5 Å². The molecule has 1 aromatic carbocycles. The van der Waals surface area contributed by atoms with Crippen LogP contribution >= 0.6 is 22.9 Å². The lowest BCUT2D eigenvalue weighted by Gasteiger charge is -1.98. The first-order chi connectivity index (χ1) is 8.74. The lowest BCUT2D eigenvalue weighted by molar-refractivity contribution is 0.432. The Morgan fingerprint density at radius 3 is 2.83 bits per heavy atom. The second-order valence-corrected chi connectivity index (χ2v) is 4.86. The number of benzene rings is 1. The molecule has 90 valence electrons. The molecule has 0 spiro atoms. The number of nitrogens with two attached hydrogens (primary N) is 1. The summed E-state index contributed by atoms with van der Waals surface area (Å²) >= 11 is 7.45. The number of aromatic nitrogens is 2. The molecule has 4 nitrogen and oxygen atoms in total. The zero-order valence-electron chi connectivity index (χ0n) is 9.13. The first kappa shape index (κ1) is 11.3. The van der Waals surface area contributed by atoms with Crippen LogP contribution in [0.4, 0.5) is 5.69 Å². The van der Waals surface area contributed by atoms with Crippen molar-refractivity contribution in [3.8, 4) is 22.8 Å². The van der Waals surface area contributed by atoms with Crippen molar-refractivity contribution in [2.45, 2.75) is 0 Å². The van der Waals surface area contributed by atoms with Gasteiger partial charge in [-0.25, -0.2) is 0 Å². The van der Waals surface area contributed by atoms with Gasteiger partial charge in [-0.2, -0.15) is 16.3 Å². The molecule has 0 unspecified atom stereocenters. The van der Waals surface area contributed by atoms with Crippen molar-refractivity contribution in [2.75, 3.05) is 5.73 Å². The largest absolute Gasteiger partial charge is 0.398 e. The molecule has 0 aliphatic heterocycles. The summed E-state index contributed by atoms with van der Waals surface area (Å²) in [6.45, 7) is 0. The van der Waals surface area contributed by atoms with Gasteiger partial charge in [-0.15, -0.1) is 0 Å². The van der Waals surface area contributed by atoms with E-state index in [4.69, 9.17) is 21.9 Å². The van der Waals surface area contributed by atoms with Crippen LogP contribution in [-0.4, -0.2) is 10.1 Å². The number of anilines is 1. The summed E-state index contributed by atoms with van der Waals surface area (Å²) in [5.41, 5.74) is 7.93. The average Bonchev–Trinajstić information content (AvgIpc) is 3.01. The number of hydrogen-bond acceptors (Lipinski definition) is 5. The Balaban J connectivity index is 2.00. The van der Waals surface area contributed by atoms with Gasteiger partial charge in [-0.3, -0.25) is 0 Å². The molecule has 3 rings (SSSR count). The van der Waals surface area contributed by atoms with Gasteiger partial charge in [0.15, 0.2) is 0 Å². The molecule has 0 saturated carbocycles. The van der Waals surface area contributed by atoms with E-state index in [1.807, 2.05) is 16.8 Å². The highest BCUT2D eigenvalue weighted by atomic mass is 35.5. The van der Waals surface area contributed by atoms with E-state index in [0.717, 1.165) is 11.1 Å². The Bertz CT molecular complexity index is 678. The number of rotatable bonds is 2. The van der Waals surface area contributed by atoms with E-state index in [1.165, 1.54) is 0 Å². The van der Waals surface area contributed by atoms with Crippen LogP contribution in [0.2, 0.25) is 5.02 Å². The van der Waals surface area contributed by atoms with Gasteiger partial charge in [0, 0.05) is 16.5 Å².